The number of ether oxygens (including phenoxy) is 2. The minimum Gasteiger partial charge on any atom is -0.497 e. The van der Waals surface area contributed by atoms with Crippen LogP contribution in [0.3, 0.4) is 0 Å². The molecule has 0 aliphatic heterocycles. The smallest absolute Gasteiger partial charge is 0.404 e. The van der Waals surface area contributed by atoms with Crippen LogP contribution in [0.15, 0.2) is 42.6 Å². The molecule has 36 heavy (non-hydrogen) atoms. The minimum absolute atomic E-state index is 0.302. The van der Waals surface area contributed by atoms with Gasteiger partial charge in [0, 0.05) is 65.2 Å². The molecule has 0 saturated heterocycles. The Morgan fingerprint density at radius 3 is 2.56 bits per heavy atom. The predicted octanol–water partition coefficient (Wildman–Crippen LogP) is 5.43. The normalized spacial score (nSPS) is 17.5. The summed E-state index contributed by atoms with van der Waals surface area (Å²) in [6.07, 6.45) is 4.87. The van der Waals surface area contributed by atoms with E-state index >= 15 is 0 Å². The summed E-state index contributed by atoms with van der Waals surface area (Å²) in [6, 6.07) is 11.9. The monoisotopic (exact) mass is 512 g/mol. The second-order valence-corrected chi connectivity index (χ2v) is 9.59. The van der Waals surface area contributed by atoms with Gasteiger partial charge in [0.1, 0.15) is 11.5 Å². The van der Waals surface area contributed by atoms with E-state index in [1.54, 1.807) is 14.2 Å². The van der Waals surface area contributed by atoms with E-state index in [2.05, 4.69) is 20.9 Å². The van der Waals surface area contributed by atoms with Gasteiger partial charge in [0.25, 0.3) is 0 Å². The molecule has 3 aromatic rings. The van der Waals surface area contributed by atoms with Crippen molar-refractivity contribution in [3.63, 3.8) is 0 Å². The summed E-state index contributed by atoms with van der Waals surface area (Å²) in [4.78, 5) is 15.5. The molecule has 0 spiro atoms. The number of halogens is 1. The molecule has 4 N–H and O–H groups in total. The van der Waals surface area contributed by atoms with E-state index in [1.165, 1.54) is 0 Å². The zero-order valence-corrected chi connectivity index (χ0v) is 21.4. The Morgan fingerprint density at radius 2 is 1.83 bits per heavy atom. The maximum atomic E-state index is 10.8. The Morgan fingerprint density at radius 1 is 1.06 bits per heavy atom. The molecule has 0 atom stereocenters. The van der Waals surface area contributed by atoms with E-state index in [1.807, 2.05) is 42.6 Å². The van der Waals surface area contributed by atoms with Crippen molar-refractivity contribution in [1.29, 1.82) is 0 Å². The van der Waals surface area contributed by atoms with Crippen molar-refractivity contribution in [1.82, 2.24) is 15.6 Å². The van der Waals surface area contributed by atoms with Gasteiger partial charge in [-0.1, -0.05) is 17.7 Å². The van der Waals surface area contributed by atoms with Crippen molar-refractivity contribution in [2.24, 2.45) is 5.92 Å². The lowest BCUT2D eigenvalue weighted by Crippen LogP contribution is -2.33. The van der Waals surface area contributed by atoms with Crippen LogP contribution in [0.1, 0.15) is 36.8 Å². The first-order valence-electron chi connectivity index (χ1n) is 12.2. The van der Waals surface area contributed by atoms with Crippen LogP contribution in [0.5, 0.6) is 11.5 Å². The largest absolute Gasteiger partial charge is 0.497 e. The van der Waals surface area contributed by atoms with E-state index in [0.29, 0.717) is 36.6 Å². The van der Waals surface area contributed by atoms with Crippen LogP contribution < -0.4 is 25.4 Å². The summed E-state index contributed by atoms with van der Waals surface area (Å²) >= 11 is 6.36. The van der Waals surface area contributed by atoms with Crippen molar-refractivity contribution in [2.45, 2.75) is 44.8 Å². The highest BCUT2D eigenvalue weighted by molar-refractivity contribution is 6.31. The first kappa shape index (κ1) is 25.9. The first-order valence-corrected chi connectivity index (χ1v) is 12.6. The fourth-order valence-electron chi connectivity index (χ4n) is 4.79. The fourth-order valence-corrected chi connectivity index (χ4v) is 4.96. The molecule has 1 heterocycles. The standard InChI is InChI=1S/C27H33ClN4O4/c1-35-22-9-5-18(25(12-22)36-2)14-29-15-19-16-30-24-10-6-20(28)11-23(24)26(19)32-21-7-3-17(4-8-21)13-31-27(33)34/h5-6,9-12,16-17,21,29,31H,3-4,7-8,13-15H2,1-2H3,(H,30,32)(H,33,34)/t17-,21-. The summed E-state index contributed by atoms with van der Waals surface area (Å²) in [5, 5.41) is 20.4. The first-order chi connectivity index (χ1) is 17.5. The van der Waals surface area contributed by atoms with Crippen LogP contribution in [0, 0.1) is 5.92 Å². The SMILES string of the molecule is COc1ccc(CNCc2cnc3ccc(Cl)cc3c2N[C@H]2CC[C@H](CNC(=O)O)CC2)c(OC)c1. The molecule has 1 amide bonds. The quantitative estimate of drug-likeness (QED) is 0.287. The van der Waals surface area contributed by atoms with Gasteiger partial charge in [-0.25, -0.2) is 4.79 Å². The molecule has 2 aromatic carbocycles. The molecule has 0 bridgehead atoms. The van der Waals surface area contributed by atoms with Crippen LogP contribution in [-0.2, 0) is 13.1 Å². The summed E-state index contributed by atoms with van der Waals surface area (Å²) in [5.74, 6) is 1.91. The molecule has 1 saturated carbocycles. The Labute approximate surface area is 216 Å². The van der Waals surface area contributed by atoms with Crippen molar-refractivity contribution >= 4 is 34.3 Å². The van der Waals surface area contributed by atoms with E-state index in [-0.39, 0.29) is 0 Å². The highest BCUT2D eigenvalue weighted by atomic mass is 35.5. The van der Waals surface area contributed by atoms with Gasteiger partial charge in [0.15, 0.2) is 0 Å². The van der Waals surface area contributed by atoms with E-state index in [9.17, 15) is 4.79 Å². The summed E-state index contributed by atoms with van der Waals surface area (Å²) in [5.41, 5.74) is 4.04. The third-order valence-corrected chi connectivity index (χ3v) is 7.01. The predicted molar refractivity (Wildman–Crippen MR) is 142 cm³/mol. The molecular formula is C27H33ClN4O4. The van der Waals surface area contributed by atoms with Gasteiger partial charge in [-0.05, 0) is 55.9 Å². The van der Waals surface area contributed by atoms with Gasteiger partial charge >= 0.3 is 6.09 Å². The molecule has 8 nitrogen and oxygen atoms in total. The lowest BCUT2D eigenvalue weighted by molar-refractivity contribution is 0.190. The topological polar surface area (TPSA) is 105 Å². The average Bonchev–Trinajstić information content (AvgIpc) is 2.89. The summed E-state index contributed by atoms with van der Waals surface area (Å²) in [7, 11) is 3.30. The van der Waals surface area contributed by atoms with Gasteiger partial charge in [-0.2, -0.15) is 0 Å². The number of hydrogen-bond donors (Lipinski definition) is 4. The molecule has 9 heteroatoms. The van der Waals surface area contributed by atoms with Crippen LogP contribution in [0.25, 0.3) is 10.9 Å². The van der Waals surface area contributed by atoms with Crippen LogP contribution in [0.4, 0.5) is 10.5 Å². The van der Waals surface area contributed by atoms with Crippen LogP contribution in [0.2, 0.25) is 5.02 Å². The summed E-state index contributed by atoms with van der Waals surface area (Å²) < 4.78 is 10.8. The molecule has 192 valence electrons. The fraction of sp³-hybridized carbons (Fsp3) is 0.407. The number of aromatic nitrogens is 1. The number of benzene rings is 2. The molecule has 1 aliphatic carbocycles. The van der Waals surface area contributed by atoms with Crippen molar-refractivity contribution in [3.8, 4) is 11.5 Å². The second kappa shape index (κ2) is 12.1. The van der Waals surface area contributed by atoms with Crippen molar-refractivity contribution in [2.75, 3.05) is 26.1 Å². The number of anilines is 1. The Balaban J connectivity index is 1.48. The van der Waals surface area contributed by atoms with Crippen LogP contribution in [-0.4, -0.2) is 43.0 Å². The Hall–Kier alpha value is -3.23. The highest BCUT2D eigenvalue weighted by Crippen LogP contribution is 2.33. The zero-order chi connectivity index (χ0) is 25.5. The zero-order valence-electron chi connectivity index (χ0n) is 20.6. The minimum atomic E-state index is -0.959. The number of methoxy groups -OCH3 is 2. The number of fused-ring (bicyclic) bond motifs is 1. The lowest BCUT2D eigenvalue weighted by Gasteiger charge is -2.30. The number of rotatable bonds is 10. The van der Waals surface area contributed by atoms with Gasteiger partial charge in [-0.15, -0.1) is 0 Å². The van der Waals surface area contributed by atoms with E-state index < -0.39 is 6.09 Å². The van der Waals surface area contributed by atoms with Crippen molar-refractivity contribution in [3.05, 3.63) is 58.7 Å². The molecule has 0 unspecified atom stereocenters. The average molecular weight is 513 g/mol. The van der Waals surface area contributed by atoms with E-state index in [0.717, 1.165) is 64.9 Å². The van der Waals surface area contributed by atoms with Gasteiger partial charge in [-0.3, -0.25) is 4.98 Å². The molecule has 0 radical (unpaired) electrons. The summed E-state index contributed by atoms with van der Waals surface area (Å²) in [6.45, 7) is 1.76. The Bertz CT molecular complexity index is 1200. The number of pyridine rings is 1. The molecule has 1 aliphatic rings. The van der Waals surface area contributed by atoms with Crippen LogP contribution >= 0.6 is 11.6 Å². The number of carbonyl (C=O) groups is 1. The molecule has 4 rings (SSSR count). The molecular weight excluding hydrogens is 480 g/mol. The third kappa shape index (κ3) is 6.50. The number of hydrogen-bond acceptors (Lipinski definition) is 6. The number of carboxylic acid groups (broad SMARTS) is 1. The Kier molecular flexibility index (Phi) is 8.72. The number of nitrogens with one attached hydrogen (secondary N) is 3. The molecule has 1 fully saturated rings. The van der Waals surface area contributed by atoms with Crippen molar-refractivity contribution < 1.29 is 19.4 Å². The van der Waals surface area contributed by atoms with Gasteiger partial charge in [0.05, 0.1) is 19.7 Å². The maximum absolute atomic E-state index is 10.8. The number of amides is 1. The maximum Gasteiger partial charge on any atom is 0.404 e. The van der Waals surface area contributed by atoms with Gasteiger partial charge < -0.3 is 30.5 Å². The van der Waals surface area contributed by atoms with E-state index in [4.69, 9.17) is 26.2 Å². The third-order valence-electron chi connectivity index (χ3n) is 6.77. The van der Waals surface area contributed by atoms with Gasteiger partial charge in [0.2, 0.25) is 0 Å². The number of nitrogens with zero attached hydrogens (tertiary/aromatic N) is 1. The lowest BCUT2D eigenvalue weighted by atomic mass is 9.85. The highest BCUT2D eigenvalue weighted by Gasteiger charge is 2.23. The second-order valence-electron chi connectivity index (χ2n) is 9.15. The molecule has 1 aromatic heterocycles.